The second kappa shape index (κ2) is 6.48. The quantitative estimate of drug-likeness (QED) is 0.597. The molecule has 1 aromatic carbocycles. The molecule has 0 amide bonds. The lowest BCUT2D eigenvalue weighted by atomic mass is 10.1. The van der Waals surface area contributed by atoms with Gasteiger partial charge in [-0.1, -0.05) is 24.0 Å². The zero-order chi connectivity index (χ0) is 10.2. The summed E-state index contributed by atoms with van der Waals surface area (Å²) in [5.74, 6) is 6.64. The molecule has 14 heavy (non-hydrogen) atoms. The third-order valence-corrected chi connectivity index (χ3v) is 2.03. The molecule has 0 saturated heterocycles. The summed E-state index contributed by atoms with van der Waals surface area (Å²) in [6.07, 6.45) is 1.67. The van der Waals surface area contributed by atoms with Crippen molar-refractivity contribution in [1.82, 2.24) is 0 Å². The Morgan fingerprint density at radius 3 is 2.50 bits per heavy atom. The summed E-state index contributed by atoms with van der Waals surface area (Å²) in [6, 6.07) is 8.17. The predicted octanol–water partition coefficient (Wildman–Crippen LogP) is 2.17. The molecule has 0 aliphatic rings. The van der Waals surface area contributed by atoms with Crippen LogP contribution in [-0.4, -0.2) is 12.4 Å². The highest BCUT2D eigenvalue weighted by Crippen LogP contribution is 2.03. The Labute approximate surface area is 90.3 Å². The van der Waals surface area contributed by atoms with Crippen LogP contribution in [0.5, 0.6) is 0 Å². The van der Waals surface area contributed by atoms with Gasteiger partial charge in [0.1, 0.15) is 0 Å². The Kier molecular flexibility index (Phi) is 5.14. The monoisotopic (exact) mass is 207 g/mol. The molecular formula is C12H14ClN. The lowest BCUT2D eigenvalue weighted by Gasteiger charge is -1.97. The van der Waals surface area contributed by atoms with E-state index < -0.39 is 0 Å². The van der Waals surface area contributed by atoms with Crippen LogP contribution in [-0.2, 0) is 6.42 Å². The number of alkyl halides is 1. The molecule has 0 bridgehead atoms. The molecule has 0 aromatic heterocycles. The van der Waals surface area contributed by atoms with Crippen molar-refractivity contribution >= 4 is 11.6 Å². The van der Waals surface area contributed by atoms with Crippen LogP contribution in [0.25, 0.3) is 0 Å². The normalized spacial score (nSPS) is 9.29. The van der Waals surface area contributed by atoms with E-state index in [0.29, 0.717) is 12.4 Å². The van der Waals surface area contributed by atoms with Gasteiger partial charge in [-0.3, -0.25) is 0 Å². The topological polar surface area (TPSA) is 26.0 Å². The van der Waals surface area contributed by atoms with E-state index in [9.17, 15) is 0 Å². The first-order valence-corrected chi connectivity index (χ1v) is 5.24. The van der Waals surface area contributed by atoms with E-state index in [1.54, 1.807) is 0 Å². The van der Waals surface area contributed by atoms with E-state index in [-0.39, 0.29) is 0 Å². The molecule has 0 atom stereocenters. The number of hydrogen-bond donors (Lipinski definition) is 1. The minimum atomic E-state index is 0.595. The minimum Gasteiger partial charge on any atom is -0.330 e. The maximum atomic E-state index is 5.52. The summed E-state index contributed by atoms with van der Waals surface area (Å²) < 4.78 is 0. The zero-order valence-corrected chi connectivity index (χ0v) is 8.85. The molecule has 1 rings (SSSR count). The van der Waals surface area contributed by atoms with Crippen molar-refractivity contribution < 1.29 is 0 Å². The van der Waals surface area contributed by atoms with Crippen LogP contribution in [0, 0.1) is 11.8 Å². The van der Waals surface area contributed by atoms with E-state index in [1.165, 1.54) is 5.56 Å². The fraction of sp³-hybridized carbons (Fsp3) is 0.333. The first-order valence-electron chi connectivity index (χ1n) is 4.70. The molecule has 0 unspecified atom stereocenters. The average Bonchev–Trinajstić information content (AvgIpc) is 2.21. The van der Waals surface area contributed by atoms with Gasteiger partial charge in [-0.05, 0) is 30.7 Å². The van der Waals surface area contributed by atoms with E-state index in [1.807, 2.05) is 12.1 Å². The molecule has 2 heteroatoms. The van der Waals surface area contributed by atoms with Crippen molar-refractivity contribution in [2.24, 2.45) is 5.73 Å². The van der Waals surface area contributed by atoms with Crippen molar-refractivity contribution in [3.8, 4) is 11.8 Å². The molecule has 0 radical (unpaired) electrons. The number of hydrogen-bond acceptors (Lipinski definition) is 1. The van der Waals surface area contributed by atoms with Crippen LogP contribution < -0.4 is 5.73 Å². The maximum absolute atomic E-state index is 5.52. The molecule has 0 aliphatic carbocycles. The molecular weight excluding hydrogens is 194 g/mol. The Balaban J connectivity index is 2.60. The number of benzene rings is 1. The molecule has 0 heterocycles. The smallest absolute Gasteiger partial charge is 0.0333 e. The van der Waals surface area contributed by atoms with Crippen LogP contribution in [0.3, 0.4) is 0 Å². The van der Waals surface area contributed by atoms with E-state index >= 15 is 0 Å². The summed E-state index contributed by atoms with van der Waals surface area (Å²) in [7, 11) is 0. The van der Waals surface area contributed by atoms with Crippen LogP contribution in [0.1, 0.15) is 17.5 Å². The lowest BCUT2D eigenvalue weighted by molar-refractivity contribution is 0.968. The van der Waals surface area contributed by atoms with Gasteiger partial charge >= 0.3 is 0 Å². The summed E-state index contributed by atoms with van der Waals surface area (Å²) in [6.45, 7) is 0.692. The number of nitrogens with two attached hydrogens (primary N) is 1. The van der Waals surface area contributed by atoms with Crippen LogP contribution in [0.4, 0.5) is 0 Å². The summed E-state index contributed by atoms with van der Waals surface area (Å²) in [4.78, 5) is 0. The number of rotatable bonds is 3. The lowest BCUT2D eigenvalue weighted by Crippen LogP contribution is -2.02. The van der Waals surface area contributed by atoms with Gasteiger partial charge in [0.25, 0.3) is 0 Å². The molecule has 0 fully saturated rings. The van der Waals surface area contributed by atoms with E-state index in [0.717, 1.165) is 18.4 Å². The van der Waals surface area contributed by atoms with Crippen LogP contribution in [0.15, 0.2) is 24.3 Å². The van der Waals surface area contributed by atoms with Gasteiger partial charge in [0.05, 0.1) is 0 Å². The fourth-order valence-electron chi connectivity index (χ4n) is 1.13. The molecule has 0 aliphatic heterocycles. The number of halogens is 1. The SMILES string of the molecule is NCCc1ccc(C#CCCCl)cc1. The van der Waals surface area contributed by atoms with Gasteiger partial charge in [-0.15, -0.1) is 11.6 Å². The van der Waals surface area contributed by atoms with Gasteiger partial charge < -0.3 is 5.73 Å². The third-order valence-electron chi connectivity index (χ3n) is 1.84. The molecule has 0 saturated carbocycles. The van der Waals surface area contributed by atoms with Gasteiger partial charge in [-0.25, -0.2) is 0 Å². The summed E-state index contributed by atoms with van der Waals surface area (Å²) in [5.41, 5.74) is 7.75. The highest BCUT2D eigenvalue weighted by atomic mass is 35.5. The molecule has 1 aromatic rings. The molecule has 2 N–H and O–H groups in total. The Morgan fingerprint density at radius 2 is 1.93 bits per heavy atom. The maximum Gasteiger partial charge on any atom is 0.0333 e. The predicted molar refractivity (Wildman–Crippen MR) is 61.4 cm³/mol. The van der Waals surface area contributed by atoms with Crippen molar-refractivity contribution in [2.45, 2.75) is 12.8 Å². The van der Waals surface area contributed by atoms with E-state index in [4.69, 9.17) is 17.3 Å². The Bertz CT molecular complexity index is 318. The Hall–Kier alpha value is -0.970. The molecule has 1 nitrogen and oxygen atoms in total. The van der Waals surface area contributed by atoms with Crippen LogP contribution >= 0.6 is 11.6 Å². The molecule has 74 valence electrons. The molecule has 0 spiro atoms. The second-order valence-electron chi connectivity index (χ2n) is 2.98. The van der Waals surface area contributed by atoms with Gasteiger partial charge in [0.2, 0.25) is 0 Å². The second-order valence-corrected chi connectivity index (χ2v) is 3.35. The third kappa shape index (κ3) is 3.83. The van der Waals surface area contributed by atoms with Crippen LogP contribution in [0.2, 0.25) is 0 Å². The van der Waals surface area contributed by atoms with Gasteiger partial charge in [-0.2, -0.15) is 0 Å². The van der Waals surface area contributed by atoms with Crippen molar-refractivity contribution in [2.75, 3.05) is 12.4 Å². The minimum absolute atomic E-state index is 0.595. The first-order chi connectivity index (χ1) is 6.86. The van der Waals surface area contributed by atoms with Crippen molar-refractivity contribution in [1.29, 1.82) is 0 Å². The zero-order valence-electron chi connectivity index (χ0n) is 8.09. The standard InChI is InChI=1S/C12H14ClN/c13-9-2-1-3-11-4-6-12(7-5-11)8-10-14/h4-7H,2,8-10,14H2. The summed E-state index contributed by atoms with van der Waals surface area (Å²) >= 11 is 5.52. The first kappa shape index (κ1) is 11.1. The fourth-order valence-corrected chi connectivity index (χ4v) is 1.23. The Morgan fingerprint density at radius 1 is 1.21 bits per heavy atom. The van der Waals surface area contributed by atoms with Crippen molar-refractivity contribution in [3.63, 3.8) is 0 Å². The average molecular weight is 208 g/mol. The highest BCUT2D eigenvalue weighted by Gasteiger charge is 1.90. The van der Waals surface area contributed by atoms with E-state index in [2.05, 4.69) is 24.0 Å². The van der Waals surface area contributed by atoms with Crippen molar-refractivity contribution in [3.05, 3.63) is 35.4 Å². The summed E-state index contributed by atoms with van der Waals surface area (Å²) in [5, 5.41) is 0. The highest BCUT2D eigenvalue weighted by molar-refractivity contribution is 6.18. The van der Waals surface area contributed by atoms with Gasteiger partial charge in [0.15, 0.2) is 0 Å². The largest absolute Gasteiger partial charge is 0.330 e. The van der Waals surface area contributed by atoms with Gasteiger partial charge in [0, 0.05) is 17.9 Å².